The van der Waals surface area contributed by atoms with E-state index in [2.05, 4.69) is 10.3 Å². The molecule has 0 atom stereocenters. The number of carbonyl (C=O) groups excluding carboxylic acids is 1. The minimum Gasteiger partial charge on any atom is -0.444 e. The summed E-state index contributed by atoms with van der Waals surface area (Å²) in [6, 6.07) is 16.1. The fourth-order valence-electron chi connectivity index (χ4n) is 4.88. The SMILES string of the molecule is CC(C)(C)OC(=O)N1CCC(Nc2cc3c(-c4ccccc4Cl)nccc3n(-c3c(Cl)cccc3Cl)c2=O)CC1. The van der Waals surface area contributed by atoms with Crippen molar-refractivity contribution in [2.24, 2.45) is 0 Å². The third-order valence-corrected chi connectivity index (χ3v) is 7.67. The second-order valence-corrected chi connectivity index (χ2v) is 11.9. The van der Waals surface area contributed by atoms with Crippen LogP contribution in [0.5, 0.6) is 0 Å². The normalized spacial score (nSPS) is 14.4. The van der Waals surface area contributed by atoms with E-state index in [1.165, 1.54) is 4.57 Å². The molecule has 1 aliphatic heterocycles. The van der Waals surface area contributed by atoms with E-state index in [0.717, 1.165) is 5.56 Å². The number of likely N-dealkylation sites (tertiary alicyclic amines) is 1. The van der Waals surface area contributed by atoms with Gasteiger partial charge in [-0.15, -0.1) is 0 Å². The van der Waals surface area contributed by atoms with Crippen molar-refractivity contribution in [3.05, 3.63) is 86.2 Å². The molecule has 1 saturated heterocycles. The van der Waals surface area contributed by atoms with Crippen LogP contribution >= 0.6 is 34.8 Å². The number of amides is 1. The van der Waals surface area contributed by atoms with E-state index in [-0.39, 0.29) is 17.7 Å². The molecule has 2 aromatic carbocycles. The molecule has 7 nitrogen and oxygen atoms in total. The summed E-state index contributed by atoms with van der Waals surface area (Å²) in [6.07, 6.45) is 2.60. The minimum absolute atomic E-state index is 0.0422. The average Bonchev–Trinajstić information content (AvgIpc) is 2.90. The fourth-order valence-corrected chi connectivity index (χ4v) is 5.68. The quantitative estimate of drug-likeness (QED) is 0.259. The lowest BCUT2D eigenvalue weighted by molar-refractivity contribution is 0.0210. The topological polar surface area (TPSA) is 76.5 Å². The van der Waals surface area contributed by atoms with Gasteiger partial charge in [-0.3, -0.25) is 14.3 Å². The number of fused-ring (bicyclic) bond motifs is 1. The fraction of sp³-hybridized carbons (Fsp3) is 0.300. The molecule has 1 fully saturated rings. The van der Waals surface area contributed by atoms with E-state index in [9.17, 15) is 9.59 Å². The number of para-hydroxylation sites is 1. The van der Waals surface area contributed by atoms with Gasteiger partial charge in [0.05, 0.1) is 26.9 Å². The zero-order valence-corrected chi connectivity index (χ0v) is 24.6. The standard InChI is InChI=1S/C30H29Cl3N4O3/c1-30(2,3)40-29(39)36-15-12-18(13-16-36)35-24-17-20-25(11-14-34-26(20)19-7-4-5-8-21(19)31)37(28(24)38)27-22(32)9-6-10-23(27)33/h4-11,14,17-18,35H,12-13,15-16H2,1-3H3. The van der Waals surface area contributed by atoms with Crippen LogP contribution in [0.2, 0.25) is 15.1 Å². The lowest BCUT2D eigenvalue weighted by atomic mass is 10.0. The lowest BCUT2D eigenvalue weighted by Crippen LogP contribution is -2.45. The molecule has 1 N–H and O–H groups in total. The van der Waals surface area contributed by atoms with Gasteiger partial charge in [-0.2, -0.15) is 0 Å². The predicted molar refractivity (Wildman–Crippen MR) is 162 cm³/mol. The van der Waals surface area contributed by atoms with Gasteiger partial charge in [-0.05, 0) is 63.9 Å². The molecule has 40 heavy (non-hydrogen) atoms. The van der Waals surface area contributed by atoms with Crippen LogP contribution in [-0.2, 0) is 4.74 Å². The Bertz CT molecular complexity index is 1620. The molecule has 0 radical (unpaired) electrons. The van der Waals surface area contributed by atoms with Crippen molar-refractivity contribution >= 4 is 57.5 Å². The number of benzene rings is 2. The molecule has 2 aromatic heterocycles. The van der Waals surface area contributed by atoms with Gasteiger partial charge < -0.3 is 15.0 Å². The summed E-state index contributed by atoms with van der Waals surface area (Å²) in [5.74, 6) is 0. The first-order valence-electron chi connectivity index (χ1n) is 13.0. The summed E-state index contributed by atoms with van der Waals surface area (Å²) in [4.78, 5) is 32.9. The first-order chi connectivity index (χ1) is 19.0. The Hall–Kier alpha value is -3.26. The molecular formula is C30H29Cl3N4O3. The number of carbonyl (C=O) groups is 1. The van der Waals surface area contributed by atoms with Crippen LogP contribution in [0.25, 0.3) is 27.8 Å². The van der Waals surface area contributed by atoms with Gasteiger partial charge >= 0.3 is 6.09 Å². The van der Waals surface area contributed by atoms with Crippen molar-refractivity contribution < 1.29 is 9.53 Å². The second kappa shape index (κ2) is 11.3. The Balaban J connectivity index is 1.58. The predicted octanol–water partition coefficient (Wildman–Crippen LogP) is 7.82. The molecule has 0 spiro atoms. The van der Waals surface area contributed by atoms with E-state index >= 15 is 0 Å². The lowest BCUT2D eigenvalue weighted by Gasteiger charge is -2.34. The van der Waals surface area contributed by atoms with Crippen molar-refractivity contribution in [1.29, 1.82) is 0 Å². The highest BCUT2D eigenvalue weighted by atomic mass is 35.5. The van der Waals surface area contributed by atoms with Gasteiger partial charge in [0.15, 0.2) is 0 Å². The van der Waals surface area contributed by atoms with Crippen LogP contribution in [-0.4, -0.2) is 45.3 Å². The van der Waals surface area contributed by atoms with E-state index in [1.807, 2.05) is 45.0 Å². The summed E-state index contributed by atoms with van der Waals surface area (Å²) in [6.45, 7) is 6.57. The Morgan fingerprint density at radius 2 is 1.62 bits per heavy atom. The van der Waals surface area contributed by atoms with Crippen molar-refractivity contribution in [1.82, 2.24) is 14.5 Å². The van der Waals surface area contributed by atoms with Gasteiger partial charge in [-0.25, -0.2) is 4.79 Å². The molecule has 1 amide bonds. The van der Waals surface area contributed by atoms with Crippen molar-refractivity contribution in [2.45, 2.75) is 45.3 Å². The number of anilines is 1. The van der Waals surface area contributed by atoms with Crippen LogP contribution in [0, 0.1) is 0 Å². The highest BCUT2D eigenvalue weighted by Gasteiger charge is 2.28. The smallest absolute Gasteiger partial charge is 0.410 e. The maximum absolute atomic E-state index is 14.1. The van der Waals surface area contributed by atoms with Crippen LogP contribution < -0.4 is 10.9 Å². The van der Waals surface area contributed by atoms with E-state index in [1.54, 1.807) is 41.4 Å². The molecule has 5 rings (SSSR count). The van der Waals surface area contributed by atoms with Gasteiger partial charge in [0.25, 0.3) is 5.56 Å². The zero-order valence-electron chi connectivity index (χ0n) is 22.4. The summed E-state index contributed by atoms with van der Waals surface area (Å²) in [7, 11) is 0. The summed E-state index contributed by atoms with van der Waals surface area (Å²) < 4.78 is 7.05. The van der Waals surface area contributed by atoms with Crippen LogP contribution in [0.3, 0.4) is 0 Å². The molecule has 208 valence electrons. The summed E-state index contributed by atoms with van der Waals surface area (Å²) in [5.41, 5.74) is 1.87. The van der Waals surface area contributed by atoms with E-state index in [4.69, 9.17) is 39.5 Å². The third kappa shape index (κ3) is 5.78. The second-order valence-electron chi connectivity index (χ2n) is 10.7. The molecule has 3 heterocycles. The number of pyridine rings is 2. The number of nitrogens with one attached hydrogen (secondary N) is 1. The molecule has 10 heteroatoms. The molecule has 0 aliphatic carbocycles. The Morgan fingerprint density at radius 3 is 2.27 bits per heavy atom. The highest BCUT2D eigenvalue weighted by Crippen LogP contribution is 2.36. The molecular weight excluding hydrogens is 571 g/mol. The van der Waals surface area contributed by atoms with Gasteiger partial charge in [0, 0.05) is 41.3 Å². The summed E-state index contributed by atoms with van der Waals surface area (Å²) >= 11 is 19.8. The largest absolute Gasteiger partial charge is 0.444 e. The number of ether oxygens (including phenoxy) is 1. The van der Waals surface area contributed by atoms with Crippen molar-refractivity contribution in [2.75, 3.05) is 18.4 Å². The first-order valence-corrected chi connectivity index (χ1v) is 14.2. The Labute approximate surface area is 247 Å². The minimum atomic E-state index is -0.560. The number of hydrogen-bond donors (Lipinski definition) is 1. The highest BCUT2D eigenvalue weighted by molar-refractivity contribution is 6.38. The number of hydrogen-bond acceptors (Lipinski definition) is 5. The van der Waals surface area contributed by atoms with E-state index < -0.39 is 5.60 Å². The molecule has 1 aliphatic rings. The number of halogens is 3. The number of piperidine rings is 1. The van der Waals surface area contributed by atoms with Crippen molar-refractivity contribution in [3.8, 4) is 16.9 Å². The summed E-state index contributed by atoms with van der Waals surface area (Å²) in [5, 5.41) is 5.37. The van der Waals surface area contributed by atoms with Gasteiger partial charge in [0.1, 0.15) is 11.3 Å². The third-order valence-electron chi connectivity index (χ3n) is 6.73. The van der Waals surface area contributed by atoms with Crippen LogP contribution in [0.1, 0.15) is 33.6 Å². The average molecular weight is 600 g/mol. The number of rotatable bonds is 4. The maximum atomic E-state index is 14.1. The van der Waals surface area contributed by atoms with Crippen LogP contribution in [0.15, 0.2) is 65.6 Å². The number of aromatic nitrogens is 2. The van der Waals surface area contributed by atoms with Crippen LogP contribution in [0.4, 0.5) is 10.5 Å². The molecule has 4 aromatic rings. The molecule has 0 saturated carbocycles. The maximum Gasteiger partial charge on any atom is 0.410 e. The van der Waals surface area contributed by atoms with Gasteiger partial charge in [0.2, 0.25) is 0 Å². The first kappa shape index (κ1) is 28.3. The van der Waals surface area contributed by atoms with Crippen molar-refractivity contribution in [3.63, 3.8) is 0 Å². The zero-order chi connectivity index (χ0) is 28.6. The Kier molecular flexibility index (Phi) is 8.00. The number of nitrogens with zero attached hydrogens (tertiary/aromatic N) is 3. The van der Waals surface area contributed by atoms with Gasteiger partial charge in [-0.1, -0.05) is 59.1 Å². The molecule has 0 unspecified atom stereocenters. The van der Waals surface area contributed by atoms with E-state index in [0.29, 0.717) is 69.0 Å². The monoisotopic (exact) mass is 598 g/mol. The Morgan fingerprint density at radius 1 is 0.975 bits per heavy atom. The molecule has 0 bridgehead atoms.